The highest BCUT2D eigenvalue weighted by Gasteiger charge is 2.50. The minimum absolute atomic E-state index is 0.0219. The van der Waals surface area contributed by atoms with E-state index < -0.39 is 4.92 Å². The lowest BCUT2D eigenvalue weighted by Crippen LogP contribution is -2.60. The smallest absolute Gasteiger partial charge is 0.269 e. The zero-order chi connectivity index (χ0) is 26.0. The number of piperidine rings is 1. The number of hydrogen-bond acceptors (Lipinski definition) is 7. The Morgan fingerprint density at radius 1 is 1.11 bits per heavy atom. The molecule has 2 fully saturated rings. The summed E-state index contributed by atoms with van der Waals surface area (Å²) in [7, 11) is 4.82. The van der Waals surface area contributed by atoms with E-state index in [1.165, 1.54) is 17.7 Å². The summed E-state index contributed by atoms with van der Waals surface area (Å²) in [4.78, 5) is 10.6. The highest BCUT2D eigenvalue weighted by Crippen LogP contribution is 2.50. The molecule has 2 aromatic rings. The third kappa shape index (κ3) is 4.74. The van der Waals surface area contributed by atoms with Crippen molar-refractivity contribution in [3.8, 4) is 17.2 Å². The number of non-ortho nitro benzene ring substituents is 1. The molecule has 9 heteroatoms. The normalized spacial score (nSPS) is 23.0. The van der Waals surface area contributed by atoms with E-state index in [4.69, 9.17) is 19.4 Å². The van der Waals surface area contributed by atoms with Crippen molar-refractivity contribution in [3.05, 3.63) is 64.2 Å². The number of rotatable bonds is 8. The van der Waals surface area contributed by atoms with Crippen molar-refractivity contribution < 1.29 is 19.1 Å². The zero-order valence-electron chi connectivity index (χ0n) is 21.6. The van der Waals surface area contributed by atoms with Crippen LogP contribution in [0.25, 0.3) is 0 Å². The number of methoxy groups -OCH3 is 3. The molecular formula is C27H34N4O5. The van der Waals surface area contributed by atoms with Gasteiger partial charge in [0.1, 0.15) is 0 Å². The van der Waals surface area contributed by atoms with Crippen LogP contribution in [0.4, 0.5) is 11.4 Å². The fourth-order valence-electron chi connectivity index (χ4n) is 5.64. The maximum Gasteiger partial charge on any atom is 0.269 e. The molecule has 3 atom stereocenters. The lowest BCUT2D eigenvalue weighted by atomic mass is 9.63. The molecular weight excluding hydrogens is 460 g/mol. The Morgan fingerprint density at radius 2 is 1.75 bits per heavy atom. The van der Waals surface area contributed by atoms with Gasteiger partial charge < -0.3 is 14.2 Å². The van der Waals surface area contributed by atoms with Gasteiger partial charge in [-0.2, -0.15) is 0 Å². The van der Waals surface area contributed by atoms with Crippen molar-refractivity contribution >= 4 is 11.4 Å². The Bertz CT molecular complexity index is 1140. The van der Waals surface area contributed by atoms with E-state index in [0.717, 1.165) is 24.8 Å². The van der Waals surface area contributed by atoms with Gasteiger partial charge in [0, 0.05) is 18.1 Å². The lowest BCUT2D eigenvalue weighted by molar-refractivity contribution is -0.384. The van der Waals surface area contributed by atoms with Gasteiger partial charge >= 0.3 is 0 Å². The number of nitrogens with zero attached hydrogens (tertiary/aromatic N) is 4. The van der Waals surface area contributed by atoms with Crippen molar-refractivity contribution in [2.24, 2.45) is 22.2 Å². The molecule has 0 N–H and O–H groups in total. The second kappa shape index (κ2) is 10.2. The fourth-order valence-corrected chi connectivity index (χ4v) is 5.64. The van der Waals surface area contributed by atoms with E-state index in [2.05, 4.69) is 30.5 Å². The highest BCUT2D eigenvalue weighted by atomic mass is 16.6. The summed E-state index contributed by atoms with van der Waals surface area (Å²) in [5.41, 5.74) is 2.65. The molecule has 36 heavy (non-hydrogen) atoms. The van der Waals surface area contributed by atoms with Crippen LogP contribution in [0.2, 0.25) is 0 Å². The predicted octanol–water partition coefficient (Wildman–Crippen LogP) is 6.30. The van der Waals surface area contributed by atoms with Crippen molar-refractivity contribution in [1.29, 1.82) is 0 Å². The molecule has 4 rings (SSSR count). The number of nitro benzene ring substituents is 1. The summed E-state index contributed by atoms with van der Waals surface area (Å²) in [6.45, 7) is 8.86. The summed E-state index contributed by atoms with van der Waals surface area (Å²) >= 11 is 0. The van der Waals surface area contributed by atoms with Gasteiger partial charge in [0.15, 0.2) is 11.5 Å². The monoisotopic (exact) mass is 494 g/mol. The summed E-state index contributed by atoms with van der Waals surface area (Å²) in [6, 6.07) is 10.1. The molecule has 1 heterocycles. The van der Waals surface area contributed by atoms with Crippen LogP contribution >= 0.6 is 0 Å². The first-order valence-electron chi connectivity index (χ1n) is 12.1. The summed E-state index contributed by atoms with van der Waals surface area (Å²) < 4.78 is 16.7. The van der Waals surface area contributed by atoms with Crippen LogP contribution in [-0.2, 0) is 6.42 Å². The molecule has 0 amide bonds. The van der Waals surface area contributed by atoms with Crippen LogP contribution in [-0.4, -0.2) is 42.8 Å². The second-order valence-electron chi connectivity index (χ2n) is 10.0. The third-order valence-corrected chi connectivity index (χ3v) is 7.73. The van der Waals surface area contributed by atoms with Gasteiger partial charge in [-0.05, 0) is 75.3 Å². The highest BCUT2D eigenvalue weighted by molar-refractivity contribution is 5.54. The Balaban J connectivity index is 1.72. The number of hydrogen-bond donors (Lipinski definition) is 0. The average molecular weight is 495 g/mol. The van der Waals surface area contributed by atoms with Crippen LogP contribution in [0.15, 0.2) is 58.9 Å². The van der Waals surface area contributed by atoms with E-state index >= 15 is 0 Å². The standard InChI is InChI=1S/C27H34N4O5/c1-17-7-8-19-16-22(17)23(13-18-14-24(34-4)26(36-6)25(15-18)35-5)30(27(19,2)3)29-28-20-9-11-21(12-10-20)31(32)33/h9-12,14-15,19,22-23H,1,7-8,13,16H2,2-6H3/t19?,22-,23-/m1/s1. The van der Waals surface area contributed by atoms with E-state index in [0.29, 0.717) is 35.3 Å². The Kier molecular flexibility index (Phi) is 7.19. The molecule has 2 aliphatic rings. The van der Waals surface area contributed by atoms with Crippen LogP contribution in [0, 0.1) is 22.0 Å². The zero-order valence-corrected chi connectivity index (χ0v) is 21.6. The van der Waals surface area contributed by atoms with Crippen LogP contribution in [0.3, 0.4) is 0 Å². The molecule has 1 aliphatic carbocycles. The Hall–Kier alpha value is -3.62. The van der Waals surface area contributed by atoms with E-state index in [1.807, 2.05) is 12.1 Å². The van der Waals surface area contributed by atoms with Gasteiger partial charge in [-0.3, -0.25) is 15.1 Å². The molecule has 1 saturated heterocycles. The van der Waals surface area contributed by atoms with Crippen LogP contribution in [0.1, 0.15) is 38.7 Å². The van der Waals surface area contributed by atoms with Crippen molar-refractivity contribution in [2.75, 3.05) is 21.3 Å². The summed E-state index contributed by atoms with van der Waals surface area (Å²) in [6.07, 6.45) is 3.83. The molecule has 1 saturated carbocycles. The fraction of sp³-hybridized carbons (Fsp3) is 0.481. The minimum Gasteiger partial charge on any atom is -0.493 e. The SMILES string of the molecule is C=C1CCC2C[C@H]1[C@@H](Cc1cc(OC)c(OC)c(OC)c1)N(N=Nc1ccc([N+](=O)[O-])cc1)C2(C)C. The number of nitro groups is 1. The molecule has 2 aromatic carbocycles. The topological polar surface area (TPSA) is 98.8 Å². The molecule has 1 aliphatic heterocycles. The van der Waals surface area contributed by atoms with Gasteiger partial charge in [-0.15, -0.1) is 5.11 Å². The van der Waals surface area contributed by atoms with Gasteiger partial charge in [-0.1, -0.05) is 17.4 Å². The van der Waals surface area contributed by atoms with Crippen molar-refractivity contribution in [2.45, 2.75) is 51.1 Å². The first kappa shape index (κ1) is 25.5. The number of fused-ring (bicyclic) bond motifs is 2. The quantitative estimate of drug-likeness (QED) is 0.185. The average Bonchev–Trinajstić information content (AvgIpc) is 2.87. The van der Waals surface area contributed by atoms with Crippen LogP contribution < -0.4 is 14.2 Å². The molecule has 2 bridgehead atoms. The van der Waals surface area contributed by atoms with E-state index in [-0.39, 0.29) is 23.2 Å². The molecule has 192 valence electrons. The Labute approximate surface area is 211 Å². The van der Waals surface area contributed by atoms with Gasteiger partial charge in [0.25, 0.3) is 5.69 Å². The van der Waals surface area contributed by atoms with Crippen molar-refractivity contribution in [3.63, 3.8) is 0 Å². The number of benzene rings is 2. The minimum atomic E-state index is -0.422. The second-order valence-corrected chi connectivity index (χ2v) is 10.0. The third-order valence-electron chi connectivity index (χ3n) is 7.73. The van der Waals surface area contributed by atoms with Gasteiger partial charge in [-0.25, -0.2) is 0 Å². The van der Waals surface area contributed by atoms with E-state index in [1.54, 1.807) is 33.5 Å². The summed E-state index contributed by atoms with van der Waals surface area (Å²) in [5, 5.41) is 22.4. The lowest BCUT2D eigenvalue weighted by Gasteiger charge is -2.56. The molecule has 0 spiro atoms. The Morgan fingerprint density at radius 3 is 2.31 bits per heavy atom. The number of ether oxygens (including phenoxy) is 3. The van der Waals surface area contributed by atoms with Gasteiger partial charge in [0.2, 0.25) is 5.75 Å². The predicted molar refractivity (Wildman–Crippen MR) is 137 cm³/mol. The maximum absolute atomic E-state index is 11.0. The first-order chi connectivity index (χ1) is 17.2. The molecule has 0 radical (unpaired) electrons. The largest absolute Gasteiger partial charge is 0.493 e. The molecule has 1 unspecified atom stereocenters. The molecule has 9 nitrogen and oxygen atoms in total. The summed E-state index contributed by atoms with van der Waals surface area (Å²) in [5.74, 6) is 2.51. The van der Waals surface area contributed by atoms with Crippen molar-refractivity contribution in [1.82, 2.24) is 5.01 Å². The maximum atomic E-state index is 11.0. The van der Waals surface area contributed by atoms with Crippen LogP contribution in [0.5, 0.6) is 17.2 Å². The first-order valence-corrected chi connectivity index (χ1v) is 12.1. The molecule has 0 aromatic heterocycles. The van der Waals surface area contributed by atoms with Gasteiger partial charge in [0.05, 0.1) is 43.5 Å². The van der Waals surface area contributed by atoms with E-state index in [9.17, 15) is 10.1 Å².